The van der Waals surface area contributed by atoms with Crippen LogP contribution in [0.3, 0.4) is 0 Å². The topological polar surface area (TPSA) is 32.5 Å². The van der Waals surface area contributed by atoms with Crippen molar-refractivity contribution in [3.8, 4) is 0 Å². The van der Waals surface area contributed by atoms with E-state index in [1.165, 1.54) is 30.6 Å². The van der Waals surface area contributed by atoms with Gasteiger partial charge in [0.05, 0.1) is 0 Å². The highest BCUT2D eigenvalue weighted by atomic mass is 15.1. The van der Waals surface area contributed by atoms with E-state index in [4.69, 9.17) is 5.73 Å². The Kier molecular flexibility index (Phi) is 4.12. The minimum atomic E-state index is 0.845. The number of nitrogens with two attached hydrogens (primary N) is 1. The summed E-state index contributed by atoms with van der Waals surface area (Å²) in [7, 11) is 4.32. The normalized spacial score (nSPS) is 17.4. The Morgan fingerprint density at radius 1 is 1.28 bits per heavy atom. The lowest BCUT2D eigenvalue weighted by molar-refractivity contribution is 0.285. The van der Waals surface area contributed by atoms with E-state index in [1.807, 2.05) is 6.07 Å². The monoisotopic (exact) mass is 247 g/mol. The Labute approximate surface area is 111 Å². The van der Waals surface area contributed by atoms with Crippen LogP contribution in [0.25, 0.3) is 0 Å². The van der Waals surface area contributed by atoms with Crippen LogP contribution < -0.4 is 10.6 Å². The van der Waals surface area contributed by atoms with Gasteiger partial charge < -0.3 is 15.5 Å². The van der Waals surface area contributed by atoms with E-state index >= 15 is 0 Å². The van der Waals surface area contributed by atoms with E-state index in [9.17, 15) is 0 Å². The van der Waals surface area contributed by atoms with E-state index in [2.05, 4.69) is 43.0 Å². The second-order valence-corrected chi connectivity index (χ2v) is 5.74. The largest absolute Gasteiger partial charge is 0.399 e. The van der Waals surface area contributed by atoms with Crippen LogP contribution >= 0.6 is 0 Å². The number of rotatable bonds is 3. The molecular weight excluding hydrogens is 222 g/mol. The van der Waals surface area contributed by atoms with Crippen molar-refractivity contribution in [3.63, 3.8) is 0 Å². The second-order valence-electron chi connectivity index (χ2n) is 5.74. The van der Waals surface area contributed by atoms with Gasteiger partial charge in [0.2, 0.25) is 0 Å². The van der Waals surface area contributed by atoms with Crippen LogP contribution in [0, 0.1) is 12.8 Å². The zero-order chi connectivity index (χ0) is 13.1. The van der Waals surface area contributed by atoms with Gasteiger partial charge in [0.25, 0.3) is 0 Å². The second kappa shape index (κ2) is 5.61. The first-order chi connectivity index (χ1) is 8.56. The Balaban J connectivity index is 1.99. The van der Waals surface area contributed by atoms with Crippen LogP contribution in [-0.2, 0) is 0 Å². The molecule has 0 aliphatic carbocycles. The summed E-state index contributed by atoms with van der Waals surface area (Å²) in [5.41, 5.74) is 9.41. The summed E-state index contributed by atoms with van der Waals surface area (Å²) in [6.45, 7) is 5.69. The summed E-state index contributed by atoms with van der Waals surface area (Å²) in [6, 6.07) is 6.22. The minimum Gasteiger partial charge on any atom is -0.399 e. The molecule has 0 aromatic heterocycles. The fourth-order valence-corrected chi connectivity index (χ4v) is 2.84. The molecule has 0 saturated carbocycles. The molecule has 1 aromatic rings. The van der Waals surface area contributed by atoms with Crippen LogP contribution in [0.2, 0.25) is 0 Å². The highest BCUT2D eigenvalue weighted by molar-refractivity contribution is 5.61. The van der Waals surface area contributed by atoms with Crippen molar-refractivity contribution in [1.29, 1.82) is 0 Å². The molecule has 100 valence electrons. The summed E-state index contributed by atoms with van der Waals surface area (Å²) >= 11 is 0. The molecule has 18 heavy (non-hydrogen) atoms. The van der Waals surface area contributed by atoms with E-state index < -0.39 is 0 Å². The van der Waals surface area contributed by atoms with Gasteiger partial charge >= 0.3 is 0 Å². The third kappa shape index (κ3) is 3.16. The quantitative estimate of drug-likeness (QED) is 0.832. The highest BCUT2D eigenvalue weighted by Crippen LogP contribution is 2.27. The van der Waals surface area contributed by atoms with E-state index in [0.717, 1.165) is 24.7 Å². The predicted octanol–water partition coefficient (Wildman–Crippen LogP) is 2.36. The van der Waals surface area contributed by atoms with Gasteiger partial charge in [-0.3, -0.25) is 0 Å². The molecule has 1 aliphatic rings. The van der Waals surface area contributed by atoms with E-state index in [0.29, 0.717) is 0 Å². The van der Waals surface area contributed by atoms with Gasteiger partial charge in [0.1, 0.15) is 0 Å². The number of nitrogen functional groups attached to an aromatic ring is 1. The number of benzene rings is 1. The molecule has 1 fully saturated rings. The number of nitrogens with zero attached hydrogens (tertiary/aromatic N) is 2. The molecule has 1 saturated heterocycles. The van der Waals surface area contributed by atoms with Crippen LogP contribution in [0.15, 0.2) is 18.2 Å². The maximum Gasteiger partial charge on any atom is 0.0416 e. The van der Waals surface area contributed by atoms with Gasteiger partial charge in [-0.25, -0.2) is 0 Å². The van der Waals surface area contributed by atoms with Gasteiger partial charge in [-0.05, 0) is 57.5 Å². The molecule has 0 spiro atoms. The number of anilines is 2. The molecule has 1 heterocycles. The van der Waals surface area contributed by atoms with Crippen molar-refractivity contribution < 1.29 is 0 Å². The zero-order valence-corrected chi connectivity index (χ0v) is 11.8. The maximum atomic E-state index is 5.89. The molecule has 0 amide bonds. The van der Waals surface area contributed by atoms with Crippen molar-refractivity contribution in [3.05, 3.63) is 23.8 Å². The molecule has 3 nitrogen and oxygen atoms in total. The number of hydrogen-bond donors (Lipinski definition) is 1. The van der Waals surface area contributed by atoms with Crippen molar-refractivity contribution in [2.45, 2.75) is 19.8 Å². The highest BCUT2D eigenvalue weighted by Gasteiger charge is 2.20. The molecule has 0 unspecified atom stereocenters. The van der Waals surface area contributed by atoms with Crippen LogP contribution in [-0.4, -0.2) is 38.6 Å². The number of hydrogen-bond acceptors (Lipinski definition) is 3. The average molecular weight is 247 g/mol. The molecule has 2 rings (SSSR count). The Morgan fingerprint density at radius 3 is 2.56 bits per heavy atom. The van der Waals surface area contributed by atoms with Gasteiger partial charge in [0.15, 0.2) is 0 Å². The predicted molar refractivity (Wildman–Crippen MR) is 79.1 cm³/mol. The zero-order valence-electron chi connectivity index (χ0n) is 11.8. The summed E-state index contributed by atoms with van der Waals surface area (Å²) in [4.78, 5) is 4.78. The van der Waals surface area contributed by atoms with Gasteiger partial charge in [-0.2, -0.15) is 0 Å². The first kappa shape index (κ1) is 13.2. The van der Waals surface area contributed by atoms with Crippen molar-refractivity contribution >= 4 is 11.4 Å². The van der Waals surface area contributed by atoms with Gasteiger partial charge in [-0.15, -0.1) is 0 Å². The summed E-state index contributed by atoms with van der Waals surface area (Å²) in [5.74, 6) is 0.845. The lowest BCUT2D eigenvalue weighted by Gasteiger charge is -2.35. The Hall–Kier alpha value is -1.22. The lowest BCUT2D eigenvalue weighted by atomic mass is 9.95. The third-order valence-electron chi connectivity index (χ3n) is 3.81. The molecule has 1 aliphatic heterocycles. The van der Waals surface area contributed by atoms with Crippen molar-refractivity contribution in [2.24, 2.45) is 5.92 Å². The minimum absolute atomic E-state index is 0.845. The molecule has 3 heteroatoms. The van der Waals surface area contributed by atoms with Crippen LogP contribution in [0.4, 0.5) is 11.4 Å². The first-order valence-corrected chi connectivity index (χ1v) is 6.82. The Morgan fingerprint density at radius 2 is 1.94 bits per heavy atom. The van der Waals surface area contributed by atoms with Gasteiger partial charge in [-0.1, -0.05) is 6.07 Å². The van der Waals surface area contributed by atoms with E-state index in [-0.39, 0.29) is 0 Å². The molecule has 0 radical (unpaired) electrons. The summed E-state index contributed by atoms with van der Waals surface area (Å²) in [6.07, 6.45) is 2.57. The van der Waals surface area contributed by atoms with E-state index in [1.54, 1.807) is 0 Å². The van der Waals surface area contributed by atoms with Crippen LogP contribution in [0.5, 0.6) is 0 Å². The molecule has 2 N–H and O–H groups in total. The SMILES string of the molecule is Cc1ccc(N)cc1N1CCC(CN(C)C)CC1. The first-order valence-electron chi connectivity index (χ1n) is 6.82. The third-order valence-corrected chi connectivity index (χ3v) is 3.81. The standard InChI is InChI=1S/C15H25N3/c1-12-4-5-14(16)10-15(12)18-8-6-13(7-9-18)11-17(2)3/h4-5,10,13H,6-9,11,16H2,1-3H3. The number of piperidine rings is 1. The molecule has 0 atom stereocenters. The summed E-state index contributed by atoms with van der Waals surface area (Å²) < 4.78 is 0. The molecule has 0 bridgehead atoms. The van der Waals surface area contributed by atoms with Crippen LogP contribution in [0.1, 0.15) is 18.4 Å². The lowest BCUT2D eigenvalue weighted by Crippen LogP contribution is -2.37. The fraction of sp³-hybridized carbons (Fsp3) is 0.600. The summed E-state index contributed by atoms with van der Waals surface area (Å²) in [5, 5.41) is 0. The fourth-order valence-electron chi connectivity index (χ4n) is 2.84. The van der Waals surface area contributed by atoms with Crippen molar-refractivity contribution in [1.82, 2.24) is 4.90 Å². The number of aryl methyl sites for hydroxylation is 1. The maximum absolute atomic E-state index is 5.89. The Bertz CT molecular complexity index is 393. The molecule has 1 aromatic carbocycles. The smallest absolute Gasteiger partial charge is 0.0416 e. The molecular formula is C15H25N3. The van der Waals surface area contributed by atoms with Gasteiger partial charge in [0, 0.05) is 31.0 Å². The average Bonchev–Trinajstić information content (AvgIpc) is 2.33. The van der Waals surface area contributed by atoms with Crippen molar-refractivity contribution in [2.75, 3.05) is 44.4 Å².